The molecule has 0 aliphatic carbocycles. The molecule has 1 aromatic carbocycles. The summed E-state index contributed by atoms with van der Waals surface area (Å²) in [6.07, 6.45) is 0. The van der Waals surface area contributed by atoms with Crippen LogP contribution in [0.4, 0.5) is 5.82 Å². The number of carbonyl (C=O) groups is 2. The molecule has 0 spiro atoms. The highest BCUT2D eigenvalue weighted by Crippen LogP contribution is 2.15. The Morgan fingerprint density at radius 3 is 2.67 bits per heavy atom. The number of pyridine rings is 1. The summed E-state index contributed by atoms with van der Waals surface area (Å²) in [5.41, 5.74) is 1.00. The third-order valence-electron chi connectivity index (χ3n) is 2.58. The first-order valence-electron chi connectivity index (χ1n) is 6.21. The minimum atomic E-state index is -0.645. The number of halogens is 1. The number of benzene rings is 1. The second kappa shape index (κ2) is 6.85. The highest BCUT2D eigenvalue weighted by atomic mass is 35.5. The van der Waals surface area contributed by atoms with Gasteiger partial charge in [-0.3, -0.25) is 4.79 Å². The van der Waals surface area contributed by atoms with Gasteiger partial charge < -0.3 is 10.1 Å². The zero-order valence-corrected chi connectivity index (χ0v) is 12.1. The summed E-state index contributed by atoms with van der Waals surface area (Å²) < 4.78 is 4.91. The lowest BCUT2D eigenvalue weighted by atomic mass is 10.2. The van der Waals surface area contributed by atoms with E-state index in [-0.39, 0.29) is 10.6 Å². The van der Waals surface area contributed by atoms with Gasteiger partial charge in [0.1, 0.15) is 5.82 Å². The molecule has 1 N–H and O–H groups in total. The van der Waals surface area contributed by atoms with E-state index in [1.54, 1.807) is 30.3 Å². The lowest BCUT2D eigenvalue weighted by Gasteiger charge is -2.07. The Labute approximate surface area is 126 Å². The first-order valence-corrected chi connectivity index (χ1v) is 6.59. The smallest absolute Gasteiger partial charge is 0.340 e. The van der Waals surface area contributed by atoms with Crippen LogP contribution in [0, 0.1) is 6.92 Å². The molecule has 0 radical (unpaired) electrons. The summed E-state index contributed by atoms with van der Waals surface area (Å²) in [6, 6.07) is 11.7. The van der Waals surface area contributed by atoms with Gasteiger partial charge in [0.25, 0.3) is 5.91 Å². The average molecular weight is 305 g/mol. The Morgan fingerprint density at radius 1 is 1.19 bits per heavy atom. The molecule has 1 amide bonds. The number of rotatable bonds is 4. The largest absolute Gasteiger partial charge is 0.452 e. The molecular formula is C15H13ClN2O3. The summed E-state index contributed by atoms with van der Waals surface area (Å²) in [5.74, 6) is -0.699. The Morgan fingerprint density at radius 2 is 1.95 bits per heavy atom. The molecule has 108 valence electrons. The molecule has 0 aliphatic rings. The molecular weight excluding hydrogens is 292 g/mol. The third-order valence-corrected chi connectivity index (χ3v) is 2.91. The summed E-state index contributed by atoms with van der Waals surface area (Å²) in [5, 5.41) is 2.82. The number of hydrogen-bond donors (Lipinski definition) is 1. The quantitative estimate of drug-likeness (QED) is 0.882. The van der Waals surface area contributed by atoms with Crippen LogP contribution in [0.25, 0.3) is 0 Å². The van der Waals surface area contributed by atoms with Crippen molar-refractivity contribution in [1.29, 1.82) is 0 Å². The minimum Gasteiger partial charge on any atom is -0.452 e. The van der Waals surface area contributed by atoms with Crippen molar-refractivity contribution >= 4 is 29.3 Å². The second-order valence-corrected chi connectivity index (χ2v) is 4.68. The number of ether oxygens (including phenoxy) is 1. The van der Waals surface area contributed by atoms with Crippen LogP contribution in [0.15, 0.2) is 42.5 Å². The van der Waals surface area contributed by atoms with E-state index in [1.807, 2.05) is 13.0 Å². The van der Waals surface area contributed by atoms with Gasteiger partial charge in [-0.1, -0.05) is 29.8 Å². The zero-order valence-electron chi connectivity index (χ0n) is 11.3. The van der Waals surface area contributed by atoms with Crippen molar-refractivity contribution in [2.45, 2.75) is 6.92 Å². The molecule has 1 aromatic heterocycles. The number of nitrogens with zero attached hydrogens (tertiary/aromatic N) is 1. The molecule has 1 heterocycles. The number of carbonyl (C=O) groups excluding carboxylic acids is 2. The van der Waals surface area contributed by atoms with Gasteiger partial charge in [0.15, 0.2) is 6.61 Å². The van der Waals surface area contributed by atoms with E-state index in [0.717, 1.165) is 5.69 Å². The van der Waals surface area contributed by atoms with Gasteiger partial charge in [0, 0.05) is 5.69 Å². The second-order valence-electron chi connectivity index (χ2n) is 4.27. The highest BCUT2D eigenvalue weighted by molar-refractivity contribution is 6.33. The van der Waals surface area contributed by atoms with Crippen LogP contribution in [0.5, 0.6) is 0 Å². The number of aromatic nitrogens is 1. The van der Waals surface area contributed by atoms with Crippen LogP contribution in [0.3, 0.4) is 0 Å². The molecule has 21 heavy (non-hydrogen) atoms. The SMILES string of the molecule is Cc1cccc(NC(=O)COC(=O)c2ccccc2Cl)n1. The Bertz CT molecular complexity index is 673. The summed E-state index contributed by atoms with van der Waals surface area (Å²) in [7, 11) is 0. The van der Waals surface area contributed by atoms with E-state index in [0.29, 0.717) is 5.82 Å². The first-order chi connectivity index (χ1) is 10.1. The molecule has 0 aliphatic heterocycles. The maximum Gasteiger partial charge on any atom is 0.340 e. The standard InChI is InChI=1S/C15H13ClN2O3/c1-10-5-4-8-13(17-10)18-14(19)9-21-15(20)11-6-2-3-7-12(11)16/h2-8H,9H2,1H3,(H,17,18,19). The highest BCUT2D eigenvalue weighted by Gasteiger charge is 2.13. The molecule has 0 atom stereocenters. The predicted molar refractivity (Wildman–Crippen MR) is 79.3 cm³/mol. The Balaban J connectivity index is 1.90. The monoisotopic (exact) mass is 304 g/mol. The Hall–Kier alpha value is -2.40. The van der Waals surface area contributed by atoms with Crippen molar-refractivity contribution in [2.24, 2.45) is 0 Å². The van der Waals surface area contributed by atoms with Crippen molar-refractivity contribution in [1.82, 2.24) is 4.98 Å². The fraction of sp³-hybridized carbons (Fsp3) is 0.133. The van der Waals surface area contributed by atoms with Crippen LogP contribution < -0.4 is 5.32 Å². The number of aryl methyl sites for hydroxylation is 1. The van der Waals surface area contributed by atoms with Crippen LogP contribution in [-0.2, 0) is 9.53 Å². The van der Waals surface area contributed by atoms with Crippen LogP contribution in [0.1, 0.15) is 16.1 Å². The molecule has 2 aromatic rings. The number of nitrogens with one attached hydrogen (secondary N) is 1. The van der Waals surface area contributed by atoms with Crippen LogP contribution in [-0.4, -0.2) is 23.5 Å². The fourth-order valence-corrected chi connectivity index (χ4v) is 1.84. The van der Waals surface area contributed by atoms with Crippen molar-refractivity contribution in [3.05, 3.63) is 58.7 Å². The molecule has 0 saturated heterocycles. The normalized spacial score (nSPS) is 10.0. The van der Waals surface area contributed by atoms with Crippen LogP contribution >= 0.6 is 11.6 Å². The van der Waals surface area contributed by atoms with E-state index >= 15 is 0 Å². The van der Waals surface area contributed by atoms with Crippen molar-refractivity contribution in [3.63, 3.8) is 0 Å². The summed E-state index contributed by atoms with van der Waals surface area (Å²) >= 11 is 5.87. The molecule has 0 bridgehead atoms. The number of amides is 1. The summed E-state index contributed by atoms with van der Waals surface area (Å²) in [6.45, 7) is 1.41. The van der Waals surface area contributed by atoms with E-state index in [4.69, 9.17) is 16.3 Å². The maximum atomic E-state index is 11.8. The third kappa shape index (κ3) is 4.29. The van der Waals surface area contributed by atoms with Crippen LogP contribution in [0.2, 0.25) is 5.02 Å². The van der Waals surface area contributed by atoms with E-state index < -0.39 is 18.5 Å². The van der Waals surface area contributed by atoms with Crippen molar-refractivity contribution in [2.75, 3.05) is 11.9 Å². The van der Waals surface area contributed by atoms with Gasteiger partial charge in [0.05, 0.1) is 10.6 Å². The minimum absolute atomic E-state index is 0.223. The van der Waals surface area contributed by atoms with Gasteiger partial charge in [0.2, 0.25) is 0 Å². The topological polar surface area (TPSA) is 68.3 Å². The zero-order chi connectivity index (χ0) is 15.2. The Kier molecular flexibility index (Phi) is 4.90. The maximum absolute atomic E-state index is 11.8. The molecule has 5 nitrogen and oxygen atoms in total. The van der Waals surface area contributed by atoms with Gasteiger partial charge in [-0.2, -0.15) is 0 Å². The number of hydrogen-bond acceptors (Lipinski definition) is 4. The van der Waals surface area contributed by atoms with E-state index in [2.05, 4.69) is 10.3 Å². The molecule has 2 rings (SSSR count). The lowest BCUT2D eigenvalue weighted by Crippen LogP contribution is -2.21. The van der Waals surface area contributed by atoms with E-state index in [1.165, 1.54) is 6.07 Å². The molecule has 0 saturated carbocycles. The van der Waals surface area contributed by atoms with Crippen molar-refractivity contribution in [3.8, 4) is 0 Å². The predicted octanol–water partition coefficient (Wildman–Crippen LogP) is 2.84. The van der Waals surface area contributed by atoms with E-state index in [9.17, 15) is 9.59 Å². The number of esters is 1. The first kappa shape index (κ1) is 15.0. The van der Waals surface area contributed by atoms with Gasteiger partial charge >= 0.3 is 5.97 Å². The molecule has 6 heteroatoms. The lowest BCUT2D eigenvalue weighted by molar-refractivity contribution is -0.119. The van der Waals surface area contributed by atoms with Gasteiger partial charge in [-0.05, 0) is 31.2 Å². The van der Waals surface area contributed by atoms with Crippen molar-refractivity contribution < 1.29 is 14.3 Å². The average Bonchev–Trinajstić information content (AvgIpc) is 2.45. The summed E-state index contributed by atoms with van der Waals surface area (Å²) in [4.78, 5) is 27.6. The van der Waals surface area contributed by atoms with Gasteiger partial charge in [-0.15, -0.1) is 0 Å². The molecule has 0 fully saturated rings. The number of anilines is 1. The molecule has 0 unspecified atom stereocenters. The van der Waals surface area contributed by atoms with Gasteiger partial charge in [-0.25, -0.2) is 9.78 Å². The fourth-order valence-electron chi connectivity index (χ4n) is 1.63.